The molecule has 0 aromatic carbocycles. The van der Waals surface area contributed by atoms with Gasteiger partial charge in [-0.15, -0.1) is 0 Å². The summed E-state index contributed by atoms with van der Waals surface area (Å²) in [6.07, 6.45) is 16.0. The van der Waals surface area contributed by atoms with Crippen LogP contribution in [0, 0.1) is 0 Å². The van der Waals surface area contributed by atoms with Crippen LogP contribution in [-0.2, 0) is 12.6 Å². The molecule has 0 aliphatic carbocycles. The Kier molecular flexibility index (Phi) is 23.6. The third-order valence-corrected chi connectivity index (χ3v) is 4.34. The van der Waals surface area contributed by atoms with E-state index in [0.717, 1.165) is 13.1 Å². The van der Waals surface area contributed by atoms with Crippen molar-refractivity contribution in [2.75, 3.05) is 13.1 Å². The molecular weight excluding hydrogens is 321 g/mol. The van der Waals surface area contributed by atoms with Gasteiger partial charge < -0.3 is 29.7 Å². The Morgan fingerprint density at radius 2 is 1.05 bits per heavy atom. The fourth-order valence-electron chi connectivity index (χ4n) is 2.46. The van der Waals surface area contributed by atoms with E-state index in [4.69, 9.17) is 24.8 Å². The monoisotopic (exact) mass is 355 g/mol. The molecule has 0 saturated carbocycles. The van der Waals surface area contributed by atoms with Gasteiger partial charge in [-0.25, -0.2) is 0 Å². The van der Waals surface area contributed by atoms with Crippen LogP contribution in [0.25, 0.3) is 0 Å². The molecule has 0 aromatic rings. The van der Waals surface area contributed by atoms with Gasteiger partial charge in [-0.2, -0.15) is 0 Å². The van der Waals surface area contributed by atoms with Crippen molar-refractivity contribution in [2.24, 2.45) is 0 Å². The maximum atomic E-state index is 5.20. The molecular formula is C17H34KNS2. The predicted octanol–water partition coefficient (Wildman–Crippen LogP) is 2.85. The minimum Gasteiger partial charge on any atom is -0.411 e. The smallest absolute Gasteiger partial charge is 0.411 e. The van der Waals surface area contributed by atoms with Crippen molar-refractivity contribution in [3.8, 4) is 0 Å². The first-order valence-electron chi connectivity index (χ1n) is 8.68. The molecule has 0 aromatic heterocycles. The topological polar surface area (TPSA) is 3.24 Å². The summed E-state index contributed by atoms with van der Waals surface area (Å²) < 4.78 is 0.673. The van der Waals surface area contributed by atoms with Crippen molar-refractivity contribution in [3.05, 3.63) is 0 Å². The first-order chi connectivity index (χ1) is 9.72. The second kappa shape index (κ2) is 19.8. The number of nitrogens with zero attached hydrogens (tertiary/aromatic N) is 1. The summed E-state index contributed by atoms with van der Waals surface area (Å²) >= 11 is 10.4. The molecule has 0 unspecified atom stereocenters. The van der Waals surface area contributed by atoms with Gasteiger partial charge in [0.25, 0.3) is 0 Å². The van der Waals surface area contributed by atoms with E-state index in [1.807, 2.05) is 0 Å². The van der Waals surface area contributed by atoms with Crippen molar-refractivity contribution in [1.29, 1.82) is 0 Å². The summed E-state index contributed by atoms with van der Waals surface area (Å²) in [6, 6.07) is 0. The quantitative estimate of drug-likeness (QED) is 0.204. The van der Waals surface area contributed by atoms with E-state index >= 15 is 0 Å². The Labute approximate surface area is 187 Å². The van der Waals surface area contributed by atoms with Crippen molar-refractivity contribution in [2.45, 2.75) is 90.9 Å². The van der Waals surface area contributed by atoms with E-state index in [-0.39, 0.29) is 51.4 Å². The average Bonchev–Trinajstić information content (AvgIpc) is 2.43. The summed E-state index contributed by atoms with van der Waals surface area (Å²) in [4.78, 5) is 2.24. The Bertz CT molecular complexity index is 209. The van der Waals surface area contributed by atoms with E-state index in [9.17, 15) is 0 Å². The predicted molar refractivity (Wildman–Crippen MR) is 98.3 cm³/mol. The van der Waals surface area contributed by atoms with Gasteiger partial charge in [-0.05, 0) is 12.8 Å². The van der Waals surface area contributed by atoms with Crippen LogP contribution in [0.1, 0.15) is 90.9 Å². The number of hydrogen-bond donors (Lipinski definition) is 0. The molecule has 0 radical (unpaired) electrons. The zero-order valence-electron chi connectivity index (χ0n) is 14.7. The minimum atomic E-state index is 0. The third kappa shape index (κ3) is 17.9. The molecule has 0 bridgehead atoms. The van der Waals surface area contributed by atoms with E-state index in [1.54, 1.807) is 0 Å². The number of unbranched alkanes of at least 4 members (excludes halogenated alkanes) is 10. The fourth-order valence-corrected chi connectivity index (χ4v) is 2.83. The van der Waals surface area contributed by atoms with Gasteiger partial charge in [0.1, 0.15) is 0 Å². The van der Waals surface area contributed by atoms with Crippen molar-refractivity contribution >= 4 is 29.2 Å². The van der Waals surface area contributed by atoms with Crippen LogP contribution in [-0.4, -0.2) is 22.3 Å². The van der Waals surface area contributed by atoms with Crippen LogP contribution in [0.4, 0.5) is 0 Å². The molecule has 0 amide bonds. The average molecular weight is 356 g/mol. The molecule has 0 aliphatic rings. The molecule has 4 heteroatoms. The van der Waals surface area contributed by atoms with Crippen LogP contribution in [0.3, 0.4) is 0 Å². The van der Waals surface area contributed by atoms with E-state index in [1.165, 1.54) is 77.0 Å². The molecule has 0 fully saturated rings. The Morgan fingerprint density at radius 1 is 0.714 bits per heavy atom. The molecule has 0 rings (SSSR count). The maximum Gasteiger partial charge on any atom is 1.00 e. The van der Waals surface area contributed by atoms with E-state index in [2.05, 4.69) is 18.7 Å². The number of thiocarbonyl (C=S) groups is 1. The Hall–Kier alpha value is 1.75. The maximum absolute atomic E-state index is 5.20. The molecule has 0 heterocycles. The SMILES string of the molecule is CCCCCCCCN(CCCCCCCC)C(=S)[S-].[K+]. The van der Waals surface area contributed by atoms with Gasteiger partial charge in [0.2, 0.25) is 0 Å². The molecule has 21 heavy (non-hydrogen) atoms. The van der Waals surface area contributed by atoms with Crippen LogP contribution >= 0.6 is 12.2 Å². The molecule has 1 nitrogen and oxygen atoms in total. The largest absolute Gasteiger partial charge is 1.00 e. The summed E-state index contributed by atoms with van der Waals surface area (Å²) in [7, 11) is 0. The van der Waals surface area contributed by atoms with E-state index in [0.29, 0.717) is 4.32 Å². The number of rotatable bonds is 14. The first-order valence-corrected chi connectivity index (χ1v) is 9.50. The van der Waals surface area contributed by atoms with Crippen molar-refractivity contribution in [1.82, 2.24) is 4.90 Å². The van der Waals surface area contributed by atoms with E-state index < -0.39 is 0 Å². The molecule has 0 N–H and O–H groups in total. The van der Waals surface area contributed by atoms with Gasteiger partial charge >= 0.3 is 51.4 Å². The van der Waals surface area contributed by atoms with Gasteiger partial charge in [0.05, 0.1) is 0 Å². The second-order valence-corrected chi connectivity index (χ2v) is 6.82. The molecule has 0 aliphatic heterocycles. The van der Waals surface area contributed by atoms with Crippen molar-refractivity contribution < 1.29 is 51.4 Å². The Balaban J connectivity index is 0. The van der Waals surface area contributed by atoms with Gasteiger partial charge in [0, 0.05) is 13.1 Å². The van der Waals surface area contributed by atoms with Gasteiger partial charge in [-0.1, -0.05) is 82.4 Å². The van der Waals surface area contributed by atoms with Crippen LogP contribution in [0.5, 0.6) is 0 Å². The Morgan fingerprint density at radius 3 is 1.38 bits per heavy atom. The zero-order valence-corrected chi connectivity index (χ0v) is 19.4. The van der Waals surface area contributed by atoms with Crippen LogP contribution in [0.15, 0.2) is 0 Å². The minimum absolute atomic E-state index is 0. The standard InChI is InChI=1S/C17H35NS2.K/c1-3-5-7-9-11-13-15-18(17(19)20)16-14-12-10-8-6-4-2;/h3-16H2,1-2H3,(H,19,20);/q;+1/p-1. The van der Waals surface area contributed by atoms with Crippen LogP contribution in [0.2, 0.25) is 0 Å². The fraction of sp³-hybridized carbons (Fsp3) is 0.941. The summed E-state index contributed by atoms with van der Waals surface area (Å²) in [6.45, 7) is 6.67. The van der Waals surface area contributed by atoms with Gasteiger partial charge in [0.15, 0.2) is 0 Å². The van der Waals surface area contributed by atoms with Gasteiger partial charge in [-0.3, -0.25) is 0 Å². The summed E-state index contributed by atoms with van der Waals surface area (Å²) in [5, 5.41) is 0. The third-order valence-electron chi connectivity index (χ3n) is 3.82. The summed E-state index contributed by atoms with van der Waals surface area (Å²) in [5.74, 6) is 0. The molecule has 0 spiro atoms. The molecule has 0 saturated heterocycles. The zero-order chi connectivity index (χ0) is 15.1. The molecule has 0 atom stereocenters. The normalized spacial score (nSPS) is 10.2. The first kappa shape index (κ1) is 25.0. The van der Waals surface area contributed by atoms with Crippen molar-refractivity contribution in [3.63, 3.8) is 0 Å². The summed E-state index contributed by atoms with van der Waals surface area (Å²) in [5.41, 5.74) is 0. The second-order valence-electron chi connectivity index (χ2n) is 5.79. The number of hydrogen-bond acceptors (Lipinski definition) is 2. The molecule has 120 valence electrons. The van der Waals surface area contributed by atoms with Crippen LogP contribution < -0.4 is 51.4 Å².